The number of benzene rings is 2. The van der Waals surface area contributed by atoms with Crippen molar-refractivity contribution < 1.29 is 4.79 Å². The van der Waals surface area contributed by atoms with Gasteiger partial charge in [-0.15, -0.1) is 23.1 Å². The fraction of sp³-hybridized carbons (Fsp3) is 0.300. The van der Waals surface area contributed by atoms with Gasteiger partial charge in [-0.2, -0.15) is 0 Å². The van der Waals surface area contributed by atoms with Crippen LogP contribution < -0.4 is 5.32 Å². The molecule has 1 atom stereocenters. The molecule has 1 unspecified atom stereocenters. The van der Waals surface area contributed by atoms with Gasteiger partial charge in [-0.25, -0.2) is 4.98 Å². The van der Waals surface area contributed by atoms with Gasteiger partial charge in [0.15, 0.2) is 0 Å². The fourth-order valence-electron chi connectivity index (χ4n) is 3.35. The van der Waals surface area contributed by atoms with E-state index in [-0.39, 0.29) is 11.9 Å². The van der Waals surface area contributed by atoms with Gasteiger partial charge in [-0.05, 0) is 42.5 Å². The molecular weight excluding hydrogens is 348 g/mol. The van der Waals surface area contributed by atoms with Gasteiger partial charge in [-0.1, -0.05) is 36.4 Å². The van der Waals surface area contributed by atoms with Gasteiger partial charge in [0.2, 0.25) is 5.91 Å². The largest absolute Gasteiger partial charge is 0.349 e. The van der Waals surface area contributed by atoms with E-state index in [0.717, 1.165) is 35.5 Å². The molecule has 5 heteroatoms. The first-order valence-electron chi connectivity index (χ1n) is 8.59. The first-order chi connectivity index (χ1) is 12.3. The van der Waals surface area contributed by atoms with Crippen molar-refractivity contribution in [2.24, 2.45) is 0 Å². The molecule has 1 heterocycles. The quantitative estimate of drug-likeness (QED) is 0.708. The third kappa shape index (κ3) is 3.88. The Morgan fingerprint density at radius 1 is 1.20 bits per heavy atom. The zero-order valence-corrected chi connectivity index (χ0v) is 15.5. The van der Waals surface area contributed by atoms with E-state index < -0.39 is 0 Å². The van der Waals surface area contributed by atoms with Crippen molar-refractivity contribution in [1.82, 2.24) is 10.3 Å². The molecule has 25 heavy (non-hydrogen) atoms. The standard InChI is InChI=1S/C20H20N2OS2/c23-19(21-16-10-5-7-14-6-1-2-8-15(14)16)12-24-13-20-22-17-9-3-4-11-18(17)25-20/h1-4,6,8-9,11,16H,5,7,10,12-13H2,(H,21,23). The second-order valence-corrected chi connectivity index (χ2v) is 8.38. The van der Waals surface area contributed by atoms with Crippen molar-refractivity contribution in [3.8, 4) is 0 Å². The van der Waals surface area contributed by atoms with E-state index >= 15 is 0 Å². The molecule has 0 spiro atoms. The predicted molar refractivity (Wildman–Crippen MR) is 106 cm³/mol. The molecule has 0 radical (unpaired) electrons. The number of hydrogen-bond donors (Lipinski definition) is 1. The molecule has 1 amide bonds. The van der Waals surface area contributed by atoms with Crippen molar-refractivity contribution in [3.05, 3.63) is 64.7 Å². The van der Waals surface area contributed by atoms with Crippen LogP contribution in [0.5, 0.6) is 0 Å². The van der Waals surface area contributed by atoms with Crippen LogP contribution in [0.1, 0.15) is 35.0 Å². The van der Waals surface area contributed by atoms with Crippen LogP contribution in [0, 0.1) is 0 Å². The highest BCUT2D eigenvalue weighted by molar-refractivity contribution is 7.99. The lowest BCUT2D eigenvalue weighted by atomic mass is 9.88. The van der Waals surface area contributed by atoms with Gasteiger partial charge < -0.3 is 5.32 Å². The second kappa shape index (κ2) is 7.58. The summed E-state index contributed by atoms with van der Waals surface area (Å²) in [5.41, 5.74) is 3.71. The van der Waals surface area contributed by atoms with E-state index in [1.807, 2.05) is 18.2 Å². The first-order valence-corrected chi connectivity index (χ1v) is 10.6. The van der Waals surface area contributed by atoms with E-state index in [4.69, 9.17) is 0 Å². The smallest absolute Gasteiger partial charge is 0.230 e. The maximum atomic E-state index is 12.3. The maximum Gasteiger partial charge on any atom is 0.230 e. The van der Waals surface area contributed by atoms with Crippen molar-refractivity contribution in [2.75, 3.05) is 5.75 Å². The van der Waals surface area contributed by atoms with Crippen molar-refractivity contribution >= 4 is 39.2 Å². The number of fused-ring (bicyclic) bond motifs is 2. The minimum absolute atomic E-state index is 0.118. The van der Waals surface area contributed by atoms with Crippen LogP contribution in [0.15, 0.2) is 48.5 Å². The number of thioether (sulfide) groups is 1. The van der Waals surface area contributed by atoms with Gasteiger partial charge in [0.1, 0.15) is 5.01 Å². The lowest BCUT2D eigenvalue weighted by Crippen LogP contribution is -2.32. The third-order valence-electron chi connectivity index (χ3n) is 4.50. The molecule has 1 N–H and O–H groups in total. The van der Waals surface area contributed by atoms with Crippen LogP contribution in [-0.2, 0) is 17.0 Å². The van der Waals surface area contributed by atoms with Gasteiger partial charge >= 0.3 is 0 Å². The summed E-state index contributed by atoms with van der Waals surface area (Å²) in [6, 6.07) is 16.8. The molecule has 1 aliphatic carbocycles. The molecule has 3 nitrogen and oxygen atoms in total. The Balaban J connectivity index is 1.31. The van der Waals surface area contributed by atoms with Crippen molar-refractivity contribution in [3.63, 3.8) is 0 Å². The van der Waals surface area contributed by atoms with Crippen LogP contribution in [-0.4, -0.2) is 16.6 Å². The zero-order valence-electron chi connectivity index (χ0n) is 13.9. The van der Waals surface area contributed by atoms with Crippen molar-refractivity contribution in [1.29, 1.82) is 0 Å². The molecule has 128 valence electrons. The molecule has 0 bridgehead atoms. The minimum Gasteiger partial charge on any atom is -0.349 e. The Kier molecular flexibility index (Phi) is 5.04. The predicted octanol–water partition coefficient (Wildman–Crippen LogP) is 4.72. The average molecular weight is 369 g/mol. The highest BCUT2D eigenvalue weighted by atomic mass is 32.2. The van der Waals surface area contributed by atoms with E-state index in [0.29, 0.717) is 5.75 Å². The first kappa shape index (κ1) is 16.6. The number of rotatable bonds is 5. The number of nitrogens with one attached hydrogen (secondary N) is 1. The summed E-state index contributed by atoms with van der Waals surface area (Å²) in [6.07, 6.45) is 3.29. The molecule has 0 aliphatic heterocycles. The van der Waals surface area contributed by atoms with E-state index in [1.165, 1.54) is 15.8 Å². The van der Waals surface area contributed by atoms with Crippen LogP contribution >= 0.6 is 23.1 Å². The Labute approximate surface area is 155 Å². The summed E-state index contributed by atoms with van der Waals surface area (Å²) >= 11 is 3.35. The van der Waals surface area contributed by atoms with E-state index in [9.17, 15) is 4.79 Å². The molecule has 4 rings (SSSR count). The van der Waals surface area contributed by atoms with Crippen LogP contribution in [0.25, 0.3) is 10.2 Å². The maximum absolute atomic E-state index is 12.3. The monoisotopic (exact) mass is 368 g/mol. The highest BCUT2D eigenvalue weighted by Crippen LogP contribution is 2.29. The Hall–Kier alpha value is -1.85. The SMILES string of the molecule is O=C(CSCc1nc2ccccc2s1)NC1CCCc2ccccc21. The third-order valence-corrected chi connectivity index (χ3v) is 6.66. The number of amides is 1. The topological polar surface area (TPSA) is 42.0 Å². The summed E-state index contributed by atoms with van der Waals surface area (Å²) in [7, 11) is 0. The van der Waals surface area contributed by atoms with Crippen LogP contribution in [0.2, 0.25) is 0 Å². The molecule has 3 aromatic rings. The number of hydrogen-bond acceptors (Lipinski definition) is 4. The van der Waals surface area contributed by atoms with Crippen LogP contribution in [0.4, 0.5) is 0 Å². The summed E-state index contributed by atoms with van der Waals surface area (Å²) < 4.78 is 1.21. The van der Waals surface area contributed by atoms with Gasteiger partial charge in [0.25, 0.3) is 0 Å². The Bertz CT molecular complexity index is 857. The van der Waals surface area contributed by atoms with Gasteiger partial charge in [0, 0.05) is 5.75 Å². The minimum atomic E-state index is 0.118. The van der Waals surface area contributed by atoms with Gasteiger partial charge in [-0.3, -0.25) is 4.79 Å². The fourth-order valence-corrected chi connectivity index (χ4v) is 5.21. The molecule has 0 saturated heterocycles. The highest BCUT2D eigenvalue weighted by Gasteiger charge is 2.21. The number of aryl methyl sites for hydroxylation is 1. The summed E-state index contributed by atoms with van der Waals surface area (Å²) in [4.78, 5) is 17.0. The molecule has 1 aromatic heterocycles. The Morgan fingerprint density at radius 3 is 2.96 bits per heavy atom. The summed E-state index contributed by atoms with van der Waals surface area (Å²) in [5.74, 6) is 1.38. The van der Waals surface area contributed by atoms with Gasteiger partial charge in [0.05, 0.1) is 22.0 Å². The number of carbonyl (C=O) groups is 1. The second-order valence-electron chi connectivity index (χ2n) is 6.28. The number of carbonyl (C=O) groups excluding carboxylic acids is 1. The lowest BCUT2D eigenvalue weighted by Gasteiger charge is -2.26. The normalized spacial score (nSPS) is 16.6. The molecular formula is C20H20N2OS2. The molecule has 0 fully saturated rings. The van der Waals surface area contributed by atoms with E-state index in [2.05, 4.69) is 40.6 Å². The molecule has 0 saturated carbocycles. The molecule has 2 aromatic carbocycles. The number of thiazole rings is 1. The van der Waals surface area contributed by atoms with E-state index in [1.54, 1.807) is 23.1 Å². The number of para-hydroxylation sites is 1. The average Bonchev–Trinajstić information content (AvgIpc) is 3.05. The summed E-state index contributed by atoms with van der Waals surface area (Å²) in [6.45, 7) is 0. The van der Waals surface area contributed by atoms with Crippen molar-refractivity contribution in [2.45, 2.75) is 31.1 Å². The lowest BCUT2D eigenvalue weighted by molar-refractivity contribution is -0.119. The number of aromatic nitrogens is 1. The zero-order chi connectivity index (χ0) is 17.1. The molecule has 1 aliphatic rings. The Morgan fingerprint density at radius 2 is 2.04 bits per heavy atom. The number of nitrogens with zero attached hydrogens (tertiary/aromatic N) is 1. The van der Waals surface area contributed by atoms with Crippen LogP contribution in [0.3, 0.4) is 0 Å². The summed E-state index contributed by atoms with van der Waals surface area (Å²) in [5, 5.41) is 4.30.